The van der Waals surface area contributed by atoms with Gasteiger partial charge in [-0.25, -0.2) is 0 Å². The van der Waals surface area contributed by atoms with Crippen LogP contribution in [0.2, 0.25) is 0 Å². The topological polar surface area (TPSA) is 69.7 Å². The minimum Gasteiger partial charge on any atom is -0.339 e. The lowest BCUT2D eigenvalue weighted by molar-refractivity contribution is -0.129. The van der Waals surface area contributed by atoms with Crippen LogP contribution < -0.4 is 5.32 Å². The molecule has 0 bridgehead atoms. The van der Waals surface area contributed by atoms with Crippen LogP contribution in [-0.2, 0) is 9.59 Å². The Kier molecular flexibility index (Phi) is 6.35. The molecule has 0 aliphatic carbocycles. The number of anilines is 1. The Labute approximate surface area is 183 Å². The Balaban J connectivity index is 1.44. The maximum Gasteiger partial charge on any atom is 0.255 e. The third kappa shape index (κ3) is 4.63. The molecule has 6 nitrogen and oxygen atoms in total. The third-order valence-electron chi connectivity index (χ3n) is 6.34. The van der Waals surface area contributed by atoms with E-state index < -0.39 is 5.92 Å². The van der Waals surface area contributed by atoms with Crippen molar-refractivity contribution < 1.29 is 14.4 Å². The van der Waals surface area contributed by atoms with Gasteiger partial charge < -0.3 is 15.1 Å². The van der Waals surface area contributed by atoms with Crippen molar-refractivity contribution in [2.24, 2.45) is 5.92 Å². The molecular weight excluding hydrogens is 390 g/mol. The minimum absolute atomic E-state index is 0.0193. The number of piperidine rings is 1. The van der Waals surface area contributed by atoms with Gasteiger partial charge in [-0.1, -0.05) is 42.5 Å². The number of likely N-dealkylation sites (tertiary alicyclic amines) is 2. The summed E-state index contributed by atoms with van der Waals surface area (Å²) in [7, 11) is 0. The van der Waals surface area contributed by atoms with E-state index in [4.69, 9.17) is 0 Å². The van der Waals surface area contributed by atoms with Crippen molar-refractivity contribution in [1.82, 2.24) is 9.80 Å². The number of rotatable bonds is 5. The van der Waals surface area contributed by atoms with Crippen LogP contribution in [0.5, 0.6) is 0 Å². The molecule has 162 valence electrons. The minimum atomic E-state index is -0.434. The van der Waals surface area contributed by atoms with E-state index in [0.29, 0.717) is 17.8 Å². The maximum absolute atomic E-state index is 13.0. The Bertz CT molecular complexity index is 953. The van der Waals surface area contributed by atoms with Crippen molar-refractivity contribution in [3.63, 3.8) is 0 Å². The van der Waals surface area contributed by atoms with Gasteiger partial charge in [0.1, 0.15) is 0 Å². The summed E-state index contributed by atoms with van der Waals surface area (Å²) >= 11 is 0. The number of carbonyl (C=O) groups excluding carboxylic acids is 3. The van der Waals surface area contributed by atoms with Gasteiger partial charge in [0.15, 0.2) is 0 Å². The van der Waals surface area contributed by atoms with E-state index in [9.17, 15) is 14.4 Å². The highest BCUT2D eigenvalue weighted by molar-refractivity contribution is 6.05. The molecule has 0 saturated carbocycles. The highest BCUT2D eigenvalue weighted by Gasteiger charge is 2.37. The number of carbonyl (C=O) groups is 3. The first-order valence-electron chi connectivity index (χ1n) is 11.1. The smallest absolute Gasteiger partial charge is 0.255 e. The zero-order valence-electron chi connectivity index (χ0n) is 17.9. The lowest BCUT2D eigenvalue weighted by Gasteiger charge is -2.27. The second-order valence-corrected chi connectivity index (χ2v) is 8.42. The summed E-state index contributed by atoms with van der Waals surface area (Å²) in [6.45, 7) is 3.87. The second kappa shape index (κ2) is 9.33. The molecule has 0 radical (unpaired) electrons. The SMILES string of the molecule is C[C@@H](c1ccccc1)N1C[C@H](C(=O)Nc2ccccc2C(=O)N2CCCCC2)CC1=O. The number of para-hydroxylation sites is 1. The van der Waals surface area contributed by atoms with Gasteiger partial charge >= 0.3 is 0 Å². The van der Waals surface area contributed by atoms with Gasteiger partial charge in [-0.2, -0.15) is 0 Å². The standard InChI is InChI=1S/C25H29N3O3/c1-18(19-10-4-2-5-11-19)28-17-20(16-23(28)29)24(30)26-22-13-7-6-12-21(22)25(31)27-14-8-3-9-15-27/h2,4-7,10-13,18,20H,3,8-9,14-17H2,1H3,(H,26,30)/t18-,20+/m0/s1. The van der Waals surface area contributed by atoms with Crippen LogP contribution in [0.25, 0.3) is 0 Å². The highest BCUT2D eigenvalue weighted by atomic mass is 16.2. The second-order valence-electron chi connectivity index (χ2n) is 8.42. The Hall–Kier alpha value is -3.15. The van der Waals surface area contributed by atoms with Crippen molar-refractivity contribution in [2.75, 3.05) is 25.0 Å². The van der Waals surface area contributed by atoms with E-state index in [0.717, 1.165) is 37.9 Å². The molecule has 0 unspecified atom stereocenters. The molecule has 0 spiro atoms. The number of nitrogens with zero attached hydrogens (tertiary/aromatic N) is 2. The molecule has 2 atom stereocenters. The van der Waals surface area contributed by atoms with Crippen LogP contribution >= 0.6 is 0 Å². The van der Waals surface area contributed by atoms with Crippen LogP contribution in [0.4, 0.5) is 5.69 Å². The molecule has 2 saturated heterocycles. The molecule has 2 aliphatic rings. The van der Waals surface area contributed by atoms with E-state index >= 15 is 0 Å². The maximum atomic E-state index is 13.0. The summed E-state index contributed by atoms with van der Waals surface area (Å²) in [5, 5.41) is 2.93. The van der Waals surface area contributed by atoms with Gasteiger partial charge in [0, 0.05) is 26.1 Å². The molecule has 2 aromatic carbocycles. The van der Waals surface area contributed by atoms with E-state index in [-0.39, 0.29) is 30.2 Å². The lowest BCUT2D eigenvalue weighted by atomic mass is 10.1. The number of nitrogens with one attached hydrogen (secondary N) is 1. The van der Waals surface area contributed by atoms with Crippen molar-refractivity contribution in [1.29, 1.82) is 0 Å². The normalized spacial score (nSPS) is 19.9. The van der Waals surface area contributed by atoms with Crippen molar-refractivity contribution in [3.05, 3.63) is 65.7 Å². The molecule has 3 amide bonds. The molecule has 2 fully saturated rings. The van der Waals surface area contributed by atoms with Gasteiger partial charge in [-0.15, -0.1) is 0 Å². The van der Waals surface area contributed by atoms with Crippen LogP contribution in [0, 0.1) is 5.92 Å². The predicted molar refractivity (Wildman–Crippen MR) is 120 cm³/mol. The van der Waals surface area contributed by atoms with E-state index in [1.165, 1.54) is 0 Å². The van der Waals surface area contributed by atoms with Gasteiger partial charge in [0.25, 0.3) is 5.91 Å². The fourth-order valence-electron chi connectivity index (χ4n) is 4.47. The van der Waals surface area contributed by atoms with Gasteiger partial charge in [0.05, 0.1) is 23.2 Å². The Morgan fingerprint density at radius 1 is 0.968 bits per heavy atom. The predicted octanol–water partition coefficient (Wildman–Crippen LogP) is 3.86. The number of benzene rings is 2. The average Bonchev–Trinajstić information content (AvgIpc) is 3.21. The summed E-state index contributed by atoms with van der Waals surface area (Å²) in [5.41, 5.74) is 2.08. The number of hydrogen-bond acceptors (Lipinski definition) is 3. The van der Waals surface area contributed by atoms with Crippen LogP contribution in [0.15, 0.2) is 54.6 Å². The molecule has 6 heteroatoms. The molecule has 2 aromatic rings. The molecule has 4 rings (SSSR count). The van der Waals surface area contributed by atoms with Gasteiger partial charge in [-0.05, 0) is 43.9 Å². The average molecular weight is 420 g/mol. The molecule has 1 N–H and O–H groups in total. The molecule has 0 aromatic heterocycles. The highest BCUT2D eigenvalue weighted by Crippen LogP contribution is 2.29. The molecule has 31 heavy (non-hydrogen) atoms. The molecular formula is C25H29N3O3. The first-order chi connectivity index (χ1) is 15.0. The molecule has 2 heterocycles. The Morgan fingerprint density at radius 3 is 2.39 bits per heavy atom. The lowest BCUT2D eigenvalue weighted by Crippen LogP contribution is -2.36. The third-order valence-corrected chi connectivity index (χ3v) is 6.34. The van der Waals surface area contributed by atoms with Gasteiger partial charge in [-0.3, -0.25) is 14.4 Å². The monoisotopic (exact) mass is 419 g/mol. The fraction of sp³-hybridized carbons (Fsp3) is 0.400. The Morgan fingerprint density at radius 2 is 1.65 bits per heavy atom. The summed E-state index contributed by atoms with van der Waals surface area (Å²) in [5.74, 6) is -0.710. The van der Waals surface area contributed by atoms with Crippen LogP contribution in [0.3, 0.4) is 0 Å². The van der Waals surface area contributed by atoms with E-state index in [2.05, 4.69) is 5.32 Å². The first kappa shape index (κ1) is 21.1. The quantitative estimate of drug-likeness (QED) is 0.800. The summed E-state index contributed by atoms with van der Waals surface area (Å²) in [4.78, 5) is 42.2. The summed E-state index contributed by atoms with van der Waals surface area (Å²) in [6.07, 6.45) is 3.36. The summed E-state index contributed by atoms with van der Waals surface area (Å²) < 4.78 is 0. The first-order valence-corrected chi connectivity index (χ1v) is 11.1. The zero-order chi connectivity index (χ0) is 21.8. The van der Waals surface area contributed by atoms with Gasteiger partial charge in [0.2, 0.25) is 11.8 Å². The number of hydrogen-bond donors (Lipinski definition) is 1. The van der Waals surface area contributed by atoms with E-state index in [1.54, 1.807) is 17.0 Å². The van der Waals surface area contributed by atoms with Crippen molar-refractivity contribution in [2.45, 2.75) is 38.6 Å². The van der Waals surface area contributed by atoms with Crippen molar-refractivity contribution in [3.8, 4) is 0 Å². The zero-order valence-corrected chi connectivity index (χ0v) is 17.9. The van der Waals surface area contributed by atoms with Crippen LogP contribution in [0.1, 0.15) is 54.6 Å². The largest absolute Gasteiger partial charge is 0.339 e. The summed E-state index contributed by atoms with van der Waals surface area (Å²) in [6, 6.07) is 16.9. The van der Waals surface area contributed by atoms with Crippen LogP contribution in [-0.4, -0.2) is 47.2 Å². The fourth-order valence-corrected chi connectivity index (χ4v) is 4.47. The van der Waals surface area contributed by atoms with Crippen molar-refractivity contribution >= 4 is 23.4 Å². The number of amides is 3. The van der Waals surface area contributed by atoms with E-state index in [1.807, 2.05) is 54.3 Å². The molecule has 2 aliphatic heterocycles.